The number of halogens is 1. The van der Waals surface area contributed by atoms with Gasteiger partial charge in [0, 0.05) is 27.2 Å². The summed E-state index contributed by atoms with van der Waals surface area (Å²) < 4.78 is 4.50. The highest BCUT2D eigenvalue weighted by atomic mass is 35.5. The van der Waals surface area contributed by atoms with E-state index in [4.69, 9.17) is 11.6 Å². The third-order valence-electron chi connectivity index (χ3n) is 3.66. The van der Waals surface area contributed by atoms with E-state index in [9.17, 15) is 9.59 Å². The Kier molecular flexibility index (Phi) is 4.57. The van der Waals surface area contributed by atoms with Gasteiger partial charge in [-0.1, -0.05) is 41.0 Å². The fraction of sp³-hybridized carbons (Fsp3) is 0. The van der Waals surface area contributed by atoms with Gasteiger partial charge in [-0.25, -0.2) is 9.78 Å². The number of thiazole rings is 1. The first-order valence-corrected chi connectivity index (χ1v) is 9.03. The molecule has 0 aliphatic heterocycles. The maximum atomic E-state index is 12.5. The van der Waals surface area contributed by atoms with Crippen LogP contribution in [-0.2, 0) is 0 Å². The molecule has 0 radical (unpaired) electrons. The van der Waals surface area contributed by atoms with Crippen LogP contribution >= 0.6 is 22.9 Å². The average molecular weight is 399 g/mol. The number of carbonyl (C=O) groups is 1. The van der Waals surface area contributed by atoms with Crippen LogP contribution in [0.15, 0.2) is 63.2 Å². The molecule has 2 heterocycles. The van der Waals surface area contributed by atoms with Crippen molar-refractivity contribution in [2.45, 2.75) is 0 Å². The Bertz CT molecular complexity index is 1160. The summed E-state index contributed by atoms with van der Waals surface area (Å²) in [4.78, 5) is 30.4. The van der Waals surface area contributed by atoms with E-state index >= 15 is 0 Å². The molecule has 9 heteroatoms. The fourth-order valence-electron chi connectivity index (χ4n) is 2.40. The van der Waals surface area contributed by atoms with Crippen molar-refractivity contribution in [1.29, 1.82) is 0 Å². The van der Waals surface area contributed by atoms with Crippen molar-refractivity contribution in [2.24, 2.45) is 0 Å². The molecule has 2 N–H and O–H groups in total. The Morgan fingerprint density at radius 3 is 2.70 bits per heavy atom. The maximum absolute atomic E-state index is 12.5. The number of nitrogens with one attached hydrogen (secondary N) is 2. The van der Waals surface area contributed by atoms with Crippen LogP contribution in [0.3, 0.4) is 0 Å². The van der Waals surface area contributed by atoms with E-state index in [1.807, 2.05) is 12.1 Å². The largest absolute Gasteiger partial charge is 0.439 e. The quantitative estimate of drug-likeness (QED) is 0.539. The molecule has 0 spiro atoms. The van der Waals surface area contributed by atoms with Gasteiger partial charge < -0.3 is 5.32 Å². The Morgan fingerprint density at radius 2 is 1.96 bits per heavy atom. The number of nitrogens with zero attached hydrogens (tertiary/aromatic N) is 2. The van der Waals surface area contributed by atoms with Crippen LogP contribution in [0, 0.1) is 0 Å². The minimum Gasteiger partial charge on any atom is -0.321 e. The highest BCUT2D eigenvalue weighted by molar-refractivity contribution is 7.13. The summed E-state index contributed by atoms with van der Waals surface area (Å²) in [6.45, 7) is 0. The SMILES string of the molecule is O=C(Nc1cccc(-c2noc(=O)[nH]2)c1)c1csc(-c2ccc(Cl)cc2)n1. The summed E-state index contributed by atoms with van der Waals surface area (Å²) in [5.74, 6) is -0.691. The highest BCUT2D eigenvalue weighted by Crippen LogP contribution is 2.26. The molecule has 134 valence electrons. The molecule has 7 nitrogen and oxygen atoms in total. The summed E-state index contributed by atoms with van der Waals surface area (Å²) in [5, 5.41) is 9.48. The number of aromatic amines is 1. The molecule has 0 saturated carbocycles. The molecule has 2 aromatic carbocycles. The minimum atomic E-state index is -0.642. The van der Waals surface area contributed by atoms with E-state index in [1.54, 1.807) is 41.8 Å². The Morgan fingerprint density at radius 1 is 1.15 bits per heavy atom. The molecule has 0 saturated heterocycles. The third-order valence-corrected chi connectivity index (χ3v) is 4.81. The van der Waals surface area contributed by atoms with Crippen molar-refractivity contribution in [3.63, 3.8) is 0 Å². The molecule has 0 aliphatic carbocycles. The molecular formula is C18H11ClN4O3S. The van der Waals surface area contributed by atoms with E-state index in [0.29, 0.717) is 22.0 Å². The number of benzene rings is 2. The summed E-state index contributed by atoms with van der Waals surface area (Å²) >= 11 is 7.27. The Hall–Kier alpha value is -3.23. The van der Waals surface area contributed by atoms with Crippen LogP contribution < -0.4 is 11.1 Å². The predicted octanol–water partition coefficient (Wildman–Crippen LogP) is 4.06. The van der Waals surface area contributed by atoms with Gasteiger partial charge in [-0.2, -0.15) is 0 Å². The molecule has 27 heavy (non-hydrogen) atoms. The molecule has 2 aromatic heterocycles. The van der Waals surface area contributed by atoms with E-state index in [2.05, 4.69) is 25.0 Å². The summed E-state index contributed by atoms with van der Waals surface area (Å²) in [5.41, 5.74) is 2.35. The first-order valence-electron chi connectivity index (χ1n) is 7.78. The van der Waals surface area contributed by atoms with Crippen LogP contribution in [0.2, 0.25) is 5.02 Å². The standard InChI is InChI=1S/C18H11ClN4O3S/c19-12-6-4-10(5-7-12)17-21-14(9-27-17)16(24)20-13-3-1-2-11(8-13)15-22-18(25)26-23-15/h1-9H,(H,20,24)(H,22,23,25). The lowest BCUT2D eigenvalue weighted by atomic mass is 10.2. The van der Waals surface area contributed by atoms with Crippen molar-refractivity contribution in [3.8, 4) is 22.0 Å². The number of amides is 1. The zero-order valence-electron chi connectivity index (χ0n) is 13.6. The van der Waals surface area contributed by atoms with Crippen molar-refractivity contribution < 1.29 is 9.32 Å². The molecule has 4 aromatic rings. The summed E-state index contributed by atoms with van der Waals surface area (Å²) in [6.07, 6.45) is 0. The van der Waals surface area contributed by atoms with Gasteiger partial charge in [-0.15, -0.1) is 11.3 Å². The summed E-state index contributed by atoms with van der Waals surface area (Å²) in [7, 11) is 0. The lowest BCUT2D eigenvalue weighted by Gasteiger charge is -2.04. The van der Waals surface area contributed by atoms with Gasteiger partial charge in [-0.3, -0.25) is 14.3 Å². The number of aromatic nitrogens is 3. The smallest absolute Gasteiger partial charge is 0.321 e. The Balaban J connectivity index is 1.53. The van der Waals surface area contributed by atoms with Gasteiger partial charge in [0.15, 0.2) is 5.82 Å². The van der Waals surface area contributed by atoms with Gasteiger partial charge in [0.1, 0.15) is 10.7 Å². The van der Waals surface area contributed by atoms with Crippen LogP contribution in [0.25, 0.3) is 22.0 Å². The van der Waals surface area contributed by atoms with E-state index in [1.165, 1.54) is 11.3 Å². The fourth-order valence-corrected chi connectivity index (χ4v) is 3.33. The van der Waals surface area contributed by atoms with Gasteiger partial charge in [0.05, 0.1) is 0 Å². The van der Waals surface area contributed by atoms with Crippen molar-refractivity contribution in [3.05, 3.63) is 75.2 Å². The second-order valence-electron chi connectivity index (χ2n) is 5.52. The van der Waals surface area contributed by atoms with E-state index in [0.717, 1.165) is 10.6 Å². The molecule has 0 fully saturated rings. The first-order chi connectivity index (χ1) is 13.1. The predicted molar refractivity (Wildman–Crippen MR) is 103 cm³/mol. The van der Waals surface area contributed by atoms with Crippen LogP contribution in [0.4, 0.5) is 5.69 Å². The molecule has 0 aliphatic rings. The van der Waals surface area contributed by atoms with Crippen molar-refractivity contribution in [2.75, 3.05) is 5.32 Å². The highest BCUT2D eigenvalue weighted by Gasteiger charge is 2.13. The summed E-state index contributed by atoms with van der Waals surface area (Å²) in [6, 6.07) is 14.1. The van der Waals surface area contributed by atoms with Crippen LogP contribution in [-0.4, -0.2) is 21.0 Å². The van der Waals surface area contributed by atoms with Crippen molar-refractivity contribution >= 4 is 34.5 Å². The zero-order valence-corrected chi connectivity index (χ0v) is 15.2. The van der Waals surface area contributed by atoms with Gasteiger partial charge >= 0.3 is 5.76 Å². The van der Waals surface area contributed by atoms with Gasteiger partial charge in [-0.05, 0) is 24.3 Å². The number of rotatable bonds is 4. The topological polar surface area (TPSA) is 101 Å². The molecule has 0 unspecified atom stereocenters. The average Bonchev–Trinajstić information content (AvgIpc) is 3.32. The number of hydrogen-bond acceptors (Lipinski definition) is 6. The second kappa shape index (κ2) is 7.18. The lowest BCUT2D eigenvalue weighted by Crippen LogP contribution is -2.12. The van der Waals surface area contributed by atoms with Crippen LogP contribution in [0.5, 0.6) is 0 Å². The monoisotopic (exact) mass is 398 g/mol. The second-order valence-corrected chi connectivity index (χ2v) is 6.82. The first kappa shape index (κ1) is 17.2. The molecule has 0 atom stereocenters. The van der Waals surface area contributed by atoms with E-state index < -0.39 is 5.76 Å². The normalized spacial score (nSPS) is 10.7. The van der Waals surface area contributed by atoms with Crippen molar-refractivity contribution in [1.82, 2.24) is 15.1 Å². The number of hydrogen-bond donors (Lipinski definition) is 2. The molecule has 1 amide bonds. The van der Waals surface area contributed by atoms with E-state index in [-0.39, 0.29) is 11.7 Å². The van der Waals surface area contributed by atoms with Crippen LogP contribution in [0.1, 0.15) is 10.5 Å². The number of H-pyrrole nitrogens is 1. The minimum absolute atomic E-state index is 0.287. The molecule has 0 bridgehead atoms. The van der Waals surface area contributed by atoms with Gasteiger partial charge in [0.2, 0.25) is 0 Å². The lowest BCUT2D eigenvalue weighted by molar-refractivity contribution is 0.102. The van der Waals surface area contributed by atoms with Gasteiger partial charge in [0.25, 0.3) is 5.91 Å². The molecular weight excluding hydrogens is 388 g/mol. The molecule has 4 rings (SSSR count). The number of anilines is 1. The zero-order chi connectivity index (χ0) is 18.8. The maximum Gasteiger partial charge on any atom is 0.439 e. The third kappa shape index (κ3) is 3.81. The Labute approximate surface area is 161 Å². The number of carbonyl (C=O) groups excluding carboxylic acids is 1.